The molecule has 19 heavy (non-hydrogen) atoms. The molecule has 5 heteroatoms. The molecule has 100 valence electrons. The summed E-state index contributed by atoms with van der Waals surface area (Å²) in [5, 5.41) is 5.36. The molecule has 2 aromatic rings. The van der Waals surface area contributed by atoms with Crippen molar-refractivity contribution in [1.29, 1.82) is 0 Å². The number of para-hydroxylation sites is 2. The van der Waals surface area contributed by atoms with Gasteiger partial charge in [0.25, 0.3) is 0 Å². The number of nitrogens with two attached hydrogens (primary N) is 1. The molecule has 0 saturated carbocycles. The molecule has 1 atom stereocenters. The van der Waals surface area contributed by atoms with Gasteiger partial charge in [-0.2, -0.15) is 0 Å². The van der Waals surface area contributed by atoms with Crippen molar-refractivity contribution in [3.63, 3.8) is 0 Å². The molecular weight excluding hydrogens is 260 g/mol. The van der Waals surface area contributed by atoms with Gasteiger partial charge >= 0.3 is 0 Å². The summed E-state index contributed by atoms with van der Waals surface area (Å²) >= 11 is 1.67. The molecule has 0 spiro atoms. The van der Waals surface area contributed by atoms with Crippen LogP contribution < -0.4 is 20.5 Å². The van der Waals surface area contributed by atoms with Crippen LogP contribution in [0.2, 0.25) is 0 Å². The van der Waals surface area contributed by atoms with Crippen LogP contribution in [-0.2, 0) is 6.54 Å². The van der Waals surface area contributed by atoms with Crippen molar-refractivity contribution >= 4 is 17.0 Å². The lowest BCUT2D eigenvalue weighted by Gasteiger charge is -2.26. The third-order valence-corrected chi connectivity index (χ3v) is 3.94. The van der Waals surface area contributed by atoms with Crippen molar-refractivity contribution in [1.82, 2.24) is 5.32 Å². The number of nitrogen functional groups attached to an aromatic ring is 1. The van der Waals surface area contributed by atoms with Crippen molar-refractivity contribution in [2.45, 2.75) is 12.6 Å². The van der Waals surface area contributed by atoms with Gasteiger partial charge in [-0.3, -0.25) is 0 Å². The Morgan fingerprint density at radius 1 is 1.26 bits per heavy atom. The monoisotopic (exact) mass is 276 g/mol. The van der Waals surface area contributed by atoms with Gasteiger partial charge in [0, 0.05) is 23.7 Å². The Morgan fingerprint density at radius 3 is 2.89 bits per heavy atom. The Hall–Kier alpha value is -1.72. The van der Waals surface area contributed by atoms with E-state index in [1.165, 1.54) is 0 Å². The fraction of sp³-hybridized carbons (Fsp3) is 0.286. The summed E-state index contributed by atoms with van der Waals surface area (Å²) in [4.78, 5) is 1.16. The number of fused-ring (bicyclic) bond motifs is 1. The number of thiophene rings is 1. The number of hydrogen-bond acceptors (Lipinski definition) is 5. The minimum absolute atomic E-state index is 0.0380. The Balaban J connectivity index is 1.51. The van der Waals surface area contributed by atoms with Crippen LogP contribution in [0.3, 0.4) is 0 Å². The van der Waals surface area contributed by atoms with Crippen molar-refractivity contribution in [2.24, 2.45) is 0 Å². The second-order valence-corrected chi connectivity index (χ2v) is 5.43. The molecule has 0 saturated heterocycles. The van der Waals surface area contributed by atoms with E-state index in [2.05, 4.69) is 5.32 Å². The molecule has 0 fully saturated rings. The second kappa shape index (κ2) is 5.50. The van der Waals surface area contributed by atoms with Gasteiger partial charge in [-0.1, -0.05) is 12.1 Å². The van der Waals surface area contributed by atoms with E-state index in [4.69, 9.17) is 15.2 Å². The summed E-state index contributed by atoms with van der Waals surface area (Å²) in [5.74, 6) is 1.64. The van der Waals surface area contributed by atoms with Crippen LogP contribution in [0, 0.1) is 0 Å². The first-order chi connectivity index (χ1) is 9.33. The first-order valence-electron chi connectivity index (χ1n) is 6.24. The molecule has 1 unspecified atom stereocenters. The van der Waals surface area contributed by atoms with Gasteiger partial charge < -0.3 is 20.5 Å². The van der Waals surface area contributed by atoms with E-state index in [0.717, 1.165) is 35.2 Å². The van der Waals surface area contributed by atoms with Gasteiger partial charge in [-0.15, -0.1) is 11.3 Å². The average molecular weight is 276 g/mol. The number of ether oxygens (including phenoxy) is 2. The van der Waals surface area contributed by atoms with E-state index in [9.17, 15) is 0 Å². The molecule has 3 rings (SSSR count). The molecule has 4 nitrogen and oxygen atoms in total. The summed E-state index contributed by atoms with van der Waals surface area (Å²) in [6.45, 7) is 2.08. The molecule has 0 amide bonds. The second-order valence-electron chi connectivity index (χ2n) is 4.43. The van der Waals surface area contributed by atoms with Gasteiger partial charge in [0.2, 0.25) is 0 Å². The smallest absolute Gasteiger partial charge is 0.161 e. The Bertz CT molecular complexity index is 556. The molecule has 1 aromatic carbocycles. The highest BCUT2D eigenvalue weighted by Gasteiger charge is 2.19. The first kappa shape index (κ1) is 12.3. The summed E-state index contributed by atoms with van der Waals surface area (Å²) in [6.07, 6.45) is 0.0380. The summed E-state index contributed by atoms with van der Waals surface area (Å²) in [5.41, 5.74) is 6.69. The molecule has 1 aliphatic heterocycles. The molecule has 0 aliphatic carbocycles. The number of rotatable bonds is 4. The van der Waals surface area contributed by atoms with Crippen LogP contribution in [0.5, 0.6) is 11.5 Å². The lowest BCUT2D eigenvalue weighted by atomic mass is 10.2. The quantitative estimate of drug-likeness (QED) is 0.899. The lowest BCUT2D eigenvalue weighted by Crippen LogP contribution is -2.38. The Labute approximate surface area is 116 Å². The van der Waals surface area contributed by atoms with E-state index in [1.807, 2.05) is 35.7 Å². The van der Waals surface area contributed by atoms with Gasteiger partial charge in [0.15, 0.2) is 11.5 Å². The third kappa shape index (κ3) is 2.83. The average Bonchev–Trinajstić information content (AvgIpc) is 2.84. The highest BCUT2D eigenvalue weighted by molar-refractivity contribution is 7.10. The van der Waals surface area contributed by atoms with Crippen LogP contribution in [-0.4, -0.2) is 19.3 Å². The van der Waals surface area contributed by atoms with Crippen molar-refractivity contribution < 1.29 is 9.47 Å². The Morgan fingerprint density at radius 2 is 2.11 bits per heavy atom. The normalized spacial score (nSPS) is 17.4. The summed E-state index contributed by atoms with van der Waals surface area (Å²) in [6, 6.07) is 9.67. The maximum Gasteiger partial charge on any atom is 0.161 e. The van der Waals surface area contributed by atoms with Crippen molar-refractivity contribution in [2.75, 3.05) is 18.9 Å². The molecular formula is C14H16N2O2S. The van der Waals surface area contributed by atoms with Gasteiger partial charge in [-0.05, 0) is 23.6 Å². The molecule has 0 bridgehead atoms. The number of anilines is 1. The summed E-state index contributed by atoms with van der Waals surface area (Å²) < 4.78 is 11.5. The third-order valence-electron chi connectivity index (χ3n) is 3.00. The predicted octanol–water partition coefficient (Wildman–Crippen LogP) is 2.26. The zero-order chi connectivity index (χ0) is 13.1. The van der Waals surface area contributed by atoms with E-state index in [0.29, 0.717) is 6.61 Å². The number of nitrogens with one attached hydrogen (secondary N) is 1. The van der Waals surface area contributed by atoms with Crippen molar-refractivity contribution in [3.8, 4) is 11.5 Å². The highest BCUT2D eigenvalue weighted by Crippen LogP contribution is 2.30. The first-order valence-corrected chi connectivity index (χ1v) is 7.12. The van der Waals surface area contributed by atoms with Crippen molar-refractivity contribution in [3.05, 3.63) is 40.6 Å². The van der Waals surface area contributed by atoms with Crippen LogP contribution in [0.4, 0.5) is 5.69 Å². The molecule has 1 aromatic heterocycles. The number of benzene rings is 1. The predicted molar refractivity (Wildman–Crippen MR) is 76.8 cm³/mol. The summed E-state index contributed by atoms with van der Waals surface area (Å²) in [7, 11) is 0. The number of hydrogen-bond donors (Lipinski definition) is 2. The van der Waals surface area contributed by atoms with Gasteiger partial charge in [0.05, 0.1) is 0 Å². The highest BCUT2D eigenvalue weighted by atomic mass is 32.1. The van der Waals surface area contributed by atoms with Crippen LogP contribution in [0.1, 0.15) is 4.88 Å². The maximum absolute atomic E-state index is 5.87. The topological polar surface area (TPSA) is 56.5 Å². The Kier molecular flexibility index (Phi) is 3.57. The molecule has 0 radical (unpaired) electrons. The van der Waals surface area contributed by atoms with Gasteiger partial charge in [-0.25, -0.2) is 0 Å². The van der Waals surface area contributed by atoms with E-state index in [-0.39, 0.29) is 6.10 Å². The maximum atomic E-state index is 5.87. The minimum Gasteiger partial charge on any atom is -0.486 e. The largest absolute Gasteiger partial charge is 0.486 e. The van der Waals surface area contributed by atoms with E-state index >= 15 is 0 Å². The molecule has 1 aliphatic rings. The standard InChI is InChI=1S/C14H16N2O2S/c15-11-5-6-19-14(11)8-16-7-10-9-17-12-3-1-2-4-13(12)18-10/h1-6,10,16H,7-9,15H2. The molecule has 3 N–H and O–H groups in total. The van der Waals surface area contributed by atoms with Gasteiger partial charge in [0.1, 0.15) is 12.7 Å². The fourth-order valence-electron chi connectivity index (χ4n) is 2.00. The fourth-order valence-corrected chi connectivity index (χ4v) is 2.77. The van der Waals surface area contributed by atoms with E-state index in [1.54, 1.807) is 11.3 Å². The van der Waals surface area contributed by atoms with Crippen LogP contribution in [0.25, 0.3) is 0 Å². The molecule has 2 heterocycles. The SMILES string of the molecule is Nc1ccsc1CNCC1COc2ccccc2O1. The van der Waals surface area contributed by atoms with Crippen LogP contribution >= 0.6 is 11.3 Å². The zero-order valence-corrected chi connectivity index (χ0v) is 11.3. The van der Waals surface area contributed by atoms with Crippen LogP contribution in [0.15, 0.2) is 35.7 Å². The lowest BCUT2D eigenvalue weighted by molar-refractivity contribution is 0.0903. The zero-order valence-electron chi connectivity index (χ0n) is 10.5. The minimum atomic E-state index is 0.0380. The van der Waals surface area contributed by atoms with E-state index < -0.39 is 0 Å².